The average molecular weight is 322 g/mol. The molecule has 6 heteroatoms. The van der Waals surface area contributed by atoms with Gasteiger partial charge in [0.15, 0.2) is 0 Å². The van der Waals surface area contributed by atoms with Crippen LogP contribution in [0.5, 0.6) is 0 Å². The first-order valence-corrected chi connectivity index (χ1v) is 8.14. The first-order chi connectivity index (χ1) is 10.2. The van der Waals surface area contributed by atoms with Crippen LogP contribution >= 0.6 is 0 Å². The van der Waals surface area contributed by atoms with E-state index in [1.165, 1.54) is 0 Å². The molecule has 0 heterocycles. The standard InChI is InChI=1S/C10H22O4.C6H12O2/c1-4-9(13,5-2)10(14,6-3)8(12)7-11;1-2-3-4-5-6(7)8/h8,11-14H,4-7H2,1-3H3;2-5H2,1H3,(H,7,8). The normalized spacial score (nSPS) is 15.5. The summed E-state index contributed by atoms with van der Waals surface area (Å²) in [4.78, 5) is 9.87. The molecule has 0 amide bonds. The molecular weight excluding hydrogens is 288 g/mol. The van der Waals surface area contributed by atoms with Gasteiger partial charge in [0.2, 0.25) is 0 Å². The molecule has 134 valence electrons. The second-order valence-electron chi connectivity index (χ2n) is 5.57. The van der Waals surface area contributed by atoms with Crippen LogP contribution in [0.1, 0.15) is 72.6 Å². The van der Waals surface area contributed by atoms with Gasteiger partial charge in [-0.25, -0.2) is 0 Å². The van der Waals surface area contributed by atoms with Gasteiger partial charge in [-0.3, -0.25) is 4.79 Å². The Hall–Kier alpha value is -0.690. The van der Waals surface area contributed by atoms with Gasteiger partial charge in [0.1, 0.15) is 11.7 Å². The second-order valence-corrected chi connectivity index (χ2v) is 5.57. The monoisotopic (exact) mass is 322 g/mol. The lowest BCUT2D eigenvalue weighted by atomic mass is 9.73. The highest BCUT2D eigenvalue weighted by Crippen LogP contribution is 2.34. The van der Waals surface area contributed by atoms with Crippen molar-refractivity contribution in [2.24, 2.45) is 0 Å². The van der Waals surface area contributed by atoms with Crippen LogP contribution in [0.3, 0.4) is 0 Å². The van der Waals surface area contributed by atoms with Crippen LogP contribution in [0.2, 0.25) is 0 Å². The molecule has 0 spiro atoms. The molecule has 5 N–H and O–H groups in total. The number of carboxylic acid groups (broad SMARTS) is 1. The quantitative estimate of drug-likeness (QED) is 0.391. The van der Waals surface area contributed by atoms with Crippen molar-refractivity contribution in [3.8, 4) is 0 Å². The summed E-state index contributed by atoms with van der Waals surface area (Å²) in [5.41, 5.74) is -2.98. The van der Waals surface area contributed by atoms with Crippen molar-refractivity contribution >= 4 is 5.97 Å². The average Bonchev–Trinajstić information content (AvgIpc) is 2.52. The molecule has 0 aliphatic carbocycles. The van der Waals surface area contributed by atoms with E-state index in [1.54, 1.807) is 20.8 Å². The van der Waals surface area contributed by atoms with Gasteiger partial charge in [-0.05, 0) is 25.7 Å². The molecule has 2 unspecified atom stereocenters. The zero-order valence-corrected chi connectivity index (χ0v) is 14.4. The van der Waals surface area contributed by atoms with Crippen molar-refractivity contribution in [2.75, 3.05) is 6.61 Å². The minimum absolute atomic E-state index is 0.201. The van der Waals surface area contributed by atoms with Gasteiger partial charge in [0, 0.05) is 6.42 Å². The lowest BCUT2D eigenvalue weighted by Gasteiger charge is -2.44. The highest BCUT2D eigenvalue weighted by Gasteiger charge is 2.50. The van der Waals surface area contributed by atoms with E-state index in [0.29, 0.717) is 19.3 Å². The fraction of sp³-hybridized carbons (Fsp3) is 0.938. The summed E-state index contributed by atoms with van der Waals surface area (Å²) in [7, 11) is 0. The molecule has 0 radical (unpaired) electrons. The number of hydrogen-bond donors (Lipinski definition) is 5. The number of aliphatic hydroxyl groups is 4. The summed E-state index contributed by atoms with van der Waals surface area (Å²) < 4.78 is 0. The summed E-state index contributed by atoms with van der Waals surface area (Å²) in [6, 6.07) is 0. The molecule has 0 saturated heterocycles. The number of unbranched alkanes of at least 4 members (excludes halogenated alkanes) is 2. The summed E-state index contributed by atoms with van der Waals surface area (Å²) in [6.45, 7) is 6.67. The Morgan fingerprint density at radius 3 is 1.77 bits per heavy atom. The smallest absolute Gasteiger partial charge is 0.303 e. The van der Waals surface area contributed by atoms with E-state index in [0.717, 1.165) is 19.3 Å². The molecular formula is C16H34O6. The minimum atomic E-state index is -1.63. The maximum Gasteiger partial charge on any atom is 0.303 e. The number of hydrogen-bond acceptors (Lipinski definition) is 5. The summed E-state index contributed by atoms with van der Waals surface area (Å²) >= 11 is 0. The Morgan fingerprint density at radius 2 is 1.50 bits per heavy atom. The third kappa shape index (κ3) is 7.05. The third-order valence-electron chi connectivity index (χ3n) is 4.23. The second kappa shape index (κ2) is 11.8. The van der Waals surface area contributed by atoms with E-state index in [2.05, 4.69) is 6.92 Å². The number of carboxylic acids is 1. The number of aliphatic hydroxyl groups excluding tert-OH is 2. The third-order valence-corrected chi connectivity index (χ3v) is 4.23. The Labute approximate surface area is 133 Å². The van der Waals surface area contributed by atoms with Crippen molar-refractivity contribution in [1.29, 1.82) is 0 Å². The predicted octanol–water partition coefficient (Wildman–Crippen LogP) is 1.68. The lowest BCUT2D eigenvalue weighted by molar-refractivity contribution is -0.214. The molecule has 22 heavy (non-hydrogen) atoms. The first-order valence-electron chi connectivity index (χ1n) is 8.14. The van der Waals surface area contributed by atoms with Crippen LogP contribution in [0.4, 0.5) is 0 Å². The van der Waals surface area contributed by atoms with Gasteiger partial charge in [-0.15, -0.1) is 0 Å². The van der Waals surface area contributed by atoms with Crippen LogP contribution in [-0.2, 0) is 4.79 Å². The molecule has 0 bridgehead atoms. The largest absolute Gasteiger partial charge is 0.481 e. The van der Waals surface area contributed by atoms with E-state index < -0.39 is 29.9 Å². The highest BCUT2D eigenvalue weighted by atomic mass is 16.4. The summed E-state index contributed by atoms with van der Waals surface area (Å²) in [5.74, 6) is -0.682. The topological polar surface area (TPSA) is 118 Å². The van der Waals surface area contributed by atoms with E-state index in [-0.39, 0.29) is 6.42 Å². The van der Waals surface area contributed by atoms with Gasteiger partial charge in [-0.1, -0.05) is 40.5 Å². The maximum absolute atomic E-state index is 10.1. The maximum atomic E-state index is 10.1. The fourth-order valence-corrected chi connectivity index (χ4v) is 2.41. The van der Waals surface area contributed by atoms with Crippen LogP contribution in [0.25, 0.3) is 0 Å². The highest BCUT2D eigenvalue weighted by molar-refractivity contribution is 5.66. The van der Waals surface area contributed by atoms with Gasteiger partial charge in [0.05, 0.1) is 12.2 Å². The number of carbonyl (C=O) groups is 1. The molecule has 0 aliphatic heterocycles. The number of aliphatic carboxylic acids is 1. The van der Waals surface area contributed by atoms with Crippen molar-refractivity contribution in [2.45, 2.75) is 89.9 Å². The lowest BCUT2D eigenvalue weighted by Crippen LogP contribution is -2.61. The Balaban J connectivity index is 0. The molecule has 0 aromatic rings. The van der Waals surface area contributed by atoms with Crippen molar-refractivity contribution in [3.63, 3.8) is 0 Å². The van der Waals surface area contributed by atoms with Crippen LogP contribution < -0.4 is 0 Å². The Kier molecular flexibility index (Phi) is 12.7. The van der Waals surface area contributed by atoms with Crippen molar-refractivity contribution in [3.05, 3.63) is 0 Å². The van der Waals surface area contributed by atoms with Gasteiger partial charge in [0.25, 0.3) is 0 Å². The fourth-order valence-electron chi connectivity index (χ4n) is 2.41. The molecule has 6 nitrogen and oxygen atoms in total. The zero-order chi connectivity index (χ0) is 17.8. The van der Waals surface area contributed by atoms with Gasteiger partial charge in [-0.2, -0.15) is 0 Å². The van der Waals surface area contributed by atoms with E-state index in [4.69, 9.17) is 10.2 Å². The van der Waals surface area contributed by atoms with Gasteiger partial charge >= 0.3 is 5.97 Å². The van der Waals surface area contributed by atoms with E-state index in [1.807, 2.05) is 0 Å². The molecule has 0 aromatic carbocycles. The van der Waals surface area contributed by atoms with Crippen molar-refractivity contribution in [1.82, 2.24) is 0 Å². The zero-order valence-electron chi connectivity index (χ0n) is 14.4. The molecule has 0 fully saturated rings. The SMILES string of the molecule is CCC(O)(CC)C(O)(CC)C(O)CO.CCCCCC(=O)O. The minimum Gasteiger partial charge on any atom is -0.481 e. The van der Waals surface area contributed by atoms with Crippen molar-refractivity contribution < 1.29 is 30.3 Å². The van der Waals surface area contributed by atoms with E-state index >= 15 is 0 Å². The Bertz CT molecular complexity index is 290. The summed E-state index contributed by atoms with van der Waals surface area (Å²) in [6.07, 6.45) is 2.85. The van der Waals surface area contributed by atoms with E-state index in [9.17, 15) is 20.1 Å². The predicted molar refractivity (Wildman–Crippen MR) is 85.6 cm³/mol. The number of rotatable bonds is 10. The van der Waals surface area contributed by atoms with Crippen LogP contribution in [0, 0.1) is 0 Å². The summed E-state index contributed by atoms with van der Waals surface area (Å²) in [5, 5.41) is 46.8. The molecule has 0 aromatic heterocycles. The molecule has 0 rings (SSSR count). The van der Waals surface area contributed by atoms with Crippen LogP contribution in [-0.4, -0.2) is 55.4 Å². The Morgan fingerprint density at radius 1 is 1.00 bits per heavy atom. The molecule has 2 atom stereocenters. The van der Waals surface area contributed by atoms with Gasteiger partial charge < -0.3 is 25.5 Å². The van der Waals surface area contributed by atoms with Crippen LogP contribution in [0.15, 0.2) is 0 Å². The molecule has 0 aliphatic rings. The molecule has 0 saturated carbocycles. The first kappa shape index (κ1) is 23.6.